The van der Waals surface area contributed by atoms with Gasteiger partial charge in [-0.15, -0.1) is 0 Å². The Kier molecular flexibility index (Phi) is 4.83. The number of hydrogen-bond acceptors (Lipinski definition) is 3. The number of non-ortho nitro benzene ring substituents is 1. The van der Waals surface area contributed by atoms with E-state index >= 15 is 0 Å². The van der Waals surface area contributed by atoms with Crippen molar-refractivity contribution in [2.24, 2.45) is 17.8 Å². The van der Waals surface area contributed by atoms with Crippen LogP contribution in [0.3, 0.4) is 0 Å². The number of halogens is 3. The van der Waals surface area contributed by atoms with Gasteiger partial charge in [0.05, 0.1) is 21.7 Å². The average molecular weight is 412 g/mol. The molecule has 6 nitrogen and oxygen atoms in total. The van der Waals surface area contributed by atoms with Gasteiger partial charge in [0.2, 0.25) is 0 Å². The van der Waals surface area contributed by atoms with Gasteiger partial charge in [0.25, 0.3) is 11.6 Å². The number of hydrogen-bond donors (Lipinski definition) is 2. The molecule has 4 aliphatic rings. The Balaban J connectivity index is 1.49. The summed E-state index contributed by atoms with van der Waals surface area (Å²) < 4.78 is 40.0. The quantitative estimate of drug-likeness (QED) is 0.573. The first-order valence-corrected chi connectivity index (χ1v) is 10.1. The van der Waals surface area contributed by atoms with Crippen LogP contribution in [0.1, 0.15) is 51.0 Å². The number of carbonyl (C=O) groups is 1. The van der Waals surface area contributed by atoms with Crippen LogP contribution in [0, 0.1) is 27.9 Å². The summed E-state index contributed by atoms with van der Waals surface area (Å²) in [4.78, 5) is 22.6. The summed E-state index contributed by atoms with van der Waals surface area (Å²) in [6, 6.07) is 1.85. The summed E-state index contributed by atoms with van der Waals surface area (Å²) in [5.41, 5.74) is -2.29. The van der Waals surface area contributed by atoms with Crippen molar-refractivity contribution in [1.82, 2.24) is 0 Å². The van der Waals surface area contributed by atoms with Crippen LogP contribution in [0.4, 0.5) is 24.5 Å². The van der Waals surface area contributed by atoms with Crippen molar-refractivity contribution >= 4 is 17.3 Å². The summed E-state index contributed by atoms with van der Waals surface area (Å²) in [7, 11) is 0. The summed E-state index contributed by atoms with van der Waals surface area (Å²) in [6.45, 7) is 1.71. The molecule has 158 valence electrons. The SMILES string of the molecule is C[C@H]([NH2+]C12CC3CC(CC(C3)C1)C2)C(=O)Nc1ccc([N+](=O)[O-])cc1C(F)(F)F. The lowest BCUT2D eigenvalue weighted by molar-refractivity contribution is -0.754. The Hall–Kier alpha value is -2.16. The van der Waals surface area contributed by atoms with Crippen LogP contribution in [0.25, 0.3) is 0 Å². The van der Waals surface area contributed by atoms with E-state index in [1.54, 1.807) is 6.92 Å². The molecule has 0 heterocycles. The number of benzene rings is 1. The van der Waals surface area contributed by atoms with E-state index < -0.39 is 40.0 Å². The zero-order valence-corrected chi connectivity index (χ0v) is 16.2. The van der Waals surface area contributed by atoms with Crippen molar-refractivity contribution in [3.8, 4) is 0 Å². The van der Waals surface area contributed by atoms with E-state index in [2.05, 4.69) is 10.6 Å². The molecule has 9 heteroatoms. The van der Waals surface area contributed by atoms with Gasteiger partial charge in [-0.25, -0.2) is 0 Å². The monoisotopic (exact) mass is 412 g/mol. The summed E-state index contributed by atoms with van der Waals surface area (Å²) in [6.07, 6.45) is 2.22. The molecule has 0 spiro atoms. The summed E-state index contributed by atoms with van der Waals surface area (Å²) >= 11 is 0. The lowest BCUT2D eigenvalue weighted by Crippen LogP contribution is -3.03. The van der Waals surface area contributed by atoms with E-state index in [1.165, 1.54) is 19.3 Å². The minimum Gasteiger partial charge on any atom is -0.331 e. The molecule has 4 aliphatic carbocycles. The fourth-order valence-electron chi connectivity index (χ4n) is 6.22. The van der Waals surface area contributed by atoms with E-state index in [0.717, 1.165) is 31.4 Å². The number of amides is 1. The Morgan fingerprint density at radius 3 is 2.24 bits per heavy atom. The van der Waals surface area contributed by atoms with Crippen molar-refractivity contribution in [1.29, 1.82) is 0 Å². The van der Waals surface area contributed by atoms with E-state index in [9.17, 15) is 28.1 Å². The molecule has 1 amide bonds. The standard InChI is InChI=1S/C20H24F3N3O3/c1-11(25-19-8-12-4-13(9-19)6-14(5-12)10-19)18(27)24-17-3-2-15(26(28)29)7-16(17)20(21,22)23/h2-3,7,11-14,25H,4-6,8-10H2,1H3,(H,24,27)/p+1/t11-,12?,13?,14?,19?/m0/s1. The molecule has 4 bridgehead atoms. The molecule has 0 radical (unpaired) electrons. The maximum Gasteiger partial charge on any atom is 0.418 e. The molecule has 0 unspecified atom stereocenters. The first kappa shape index (κ1) is 20.1. The lowest BCUT2D eigenvalue weighted by Gasteiger charge is -2.55. The van der Waals surface area contributed by atoms with Gasteiger partial charge in [0.1, 0.15) is 0 Å². The zero-order valence-electron chi connectivity index (χ0n) is 16.2. The zero-order chi connectivity index (χ0) is 21.0. The minimum atomic E-state index is -4.80. The lowest BCUT2D eigenvalue weighted by atomic mass is 9.53. The highest BCUT2D eigenvalue weighted by Crippen LogP contribution is 2.54. The number of rotatable bonds is 5. The third kappa shape index (κ3) is 3.97. The number of nitrogens with one attached hydrogen (secondary N) is 1. The molecule has 5 rings (SSSR count). The number of alkyl halides is 3. The van der Waals surface area contributed by atoms with Crippen molar-refractivity contribution in [3.63, 3.8) is 0 Å². The van der Waals surface area contributed by atoms with Crippen LogP contribution >= 0.6 is 0 Å². The van der Waals surface area contributed by atoms with Crippen LogP contribution < -0.4 is 10.6 Å². The Morgan fingerprint density at radius 1 is 1.21 bits per heavy atom. The van der Waals surface area contributed by atoms with E-state index in [-0.39, 0.29) is 5.54 Å². The van der Waals surface area contributed by atoms with Crippen LogP contribution in [-0.4, -0.2) is 22.4 Å². The van der Waals surface area contributed by atoms with Gasteiger partial charge in [-0.3, -0.25) is 14.9 Å². The molecule has 1 aromatic rings. The van der Waals surface area contributed by atoms with Gasteiger partial charge in [-0.2, -0.15) is 13.2 Å². The molecular formula is C20H25F3N3O3+. The van der Waals surface area contributed by atoms with Gasteiger partial charge >= 0.3 is 6.18 Å². The second-order valence-corrected chi connectivity index (χ2v) is 9.21. The van der Waals surface area contributed by atoms with Gasteiger partial charge in [-0.05, 0) is 50.0 Å². The van der Waals surface area contributed by atoms with Crippen LogP contribution in [-0.2, 0) is 11.0 Å². The van der Waals surface area contributed by atoms with Crippen molar-refractivity contribution in [2.45, 2.75) is 63.2 Å². The van der Waals surface area contributed by atoms with Crippen LogP contribution in [0.2, 0.25) is 0 Å². The molecule has 1 aromatic carbocycles. The second kappa shape index (κ2) is 6.97. The largest absolute Gasteiger partial charge is 0.418 e. The number of quaternary nitrogens is 1. The molecule has 0 aromatic heterocycles. The minimum absolute atomic E-state index is 0.0217. The number of nitro groups is 1. The molecule has 0 aliphatic heterocycles. The Morgan fingerprint density at radius 2 is 1.76 bits per heavy atom. The highest BCUT2D eigenvalue weighted by Gasteiger charge is 2.54. The number of carbonyl (C=O) groups excluding carboxylic acids is 1. The smallest absolute Gasteiger partial charge is 0.331 e. The third-order valence-electron chi connectivity index (χ3n) is 6.88. The Bertz CT molecular complexity index is 805. The second-order valence-electron chi connectivity index (χ2n) is 9.21. The van der Waals surface area contributed by atoms with Gasteiger partial charge < -0.3 is 10.6 Å². The van der Waals surface area contributed by atoms with Crippen molar-refractivity contribution in [2.75, 3.05) is 5.32 Å². The van der Waals surface area contributed by atoms with E-state index in [0.29, 0.717) is 23.8 Å². The van der Waals surface area contributed by atoms with Crippen molar-refractivity contribution in [3.05, 3.63) is 33.9 Å². The molecule has 4 fully saturated rings. The highest BCUT2D eigenvalue weighted by atomic mass is 19.4. The molecule has 1 atom stereocenters. The average Bonchev–Trinajstić information content (AvgIpc) is 2.59. The number of nitrogens with zero attached hydrogens (tertiary/aromatic N) is 1. The summed E-state index contributed by atoms with van der Waals surface area (Å²) in [5, 5.41) is 15.2. The topological polar surface area (TPSA) is 88.8 Å². The fourth-order valence-corrected chi connectivity index (χ4v) is 6.22. The fraction of sp³-hybridized carbons (Fsp3) is 0.650. The normalized spacial score (nSPS) is 31.5. The van der Waals surface area contributed by atoms with Gasteiger partial charge in [0, 0.05) is 31.4 Å². The van der Waals surface area contributed by atoms with Crippen LogP contribution in [0.5, 0.6) is 0 Å². The molecule has 0 saturated heterocycles. The number of nitrogens with two attached hydrogens (primary N) is 1. The predicted octanol–water partition coefficient (Wildman–Crippen LogP) is 3.47. The van der Waals surface area contributed by atoms with Gasteiger partial charge in [-0.1, -0.05) is 0 Å². The molecule has 3 N–H and O–H groups in total. The third-order valence-corrected chi connectivity index (χ3v) is 6.88. The maximum atomic E-state index is 13.3. The molecule has 4 saturated carbocycles. The predicted molar refractivity (Wildman–Crippen MR) is 99.0 cm³/mol. The number of nitro benzene ring substituents is 1. The van der Waals surface area contributed by atoms with Crippen LogP contribution in [0.15, 0.2) is 18.2 Å². The van der Waals surface area contributed by atoms with Crippen molar-refractivity contribution < 1.29 is 28.2 Å². The molecular weight excluding hydrogens is 387 g/mol. The number of anilines is 1. The first-order chi connectivity index (χ1) is 13.5. The van der Waals surface area contributed by atoms with E-state index in [4.69, 9.17) is 0 Å². The Labute approximate surface area is 166 Å². The van der Waals surface area contributed by atoms with Gasteiger partial charge in [0.15, 0.2) is 6.04 Å². The first-order valence-electron chi connectivity index (χ1n) is 10.1. The maximum absolute atomic E-state index is 13.3. The summed E-state index contributed by atoms with van der Waals surface area (Å²) in [5.74, 6) is 1.61. The molecule has 29 heavy (non-hydrogen) atoms. The van der Waals surface area contributed by atoms with E-state index in [1.807, 2.05) is 0 Å². The highest BCUT2D eigenvalue weighted by molar-refractivity contribution is 5.94.